The Morgan fingerprint density at radius 2 is 1.84 bits per heavy atom. The van der Waals surface area contributed by atoms with E-state index in [1.54, 1.807) is 0 Å². The molecule has 0 atom stereocenters. The lowest BCUT2D eigenvalue weighted by molar-refractivity contribution is -0.384. The molecule has 0 bridgehead atoms. The maximum Gasteiger partial charge on any atom is 0.270 e. The molecule has 0 aliphatic rings. The smallest absolute Gasteiger partial charge is 0.270 e. The van der Waals surface area contributed by atoms with Gasteiger partial charge < -0.3 is 5.32 Å². The first-order chi connectivity index (χ1) is 9.10. The van der Waals surface area contributed by atoms with Gasteiger partial charge in [-0.2, -0.15) is 0 Å². The third-order valence-corrected chi connectivity index (χ3v) is 2.50. The molecule has 0 saturated heterocycles. The van der Waals surface area contributed by atoms with E-state index in [-0.39, 0.29) is 17.1 Å². The van der Waals surface area contributed by atoms with E-state index < -0.39 is 4.92 Å². The van der Waals surface area contributed by atoms with Gasteiger partial charge in [-0.05, 0) is 30.3 Å². The maximum atomic E-state index is 12.8. The highest BCUT2D eigenvalue weighted by Gasteiger charge is 2.10. The summed E-state index contributed by atoms with van der Waals surface area (Å²) in [4.78, 5) is 21.0. The van der Waals surface area contributed by atoms with Crippen molar-refractivity contribution in [1.82, 2.24) is 0 Å². The highest BCUT2D eigenvalue weighted by molar-refractivity contribution is 5.87. The second-order valence-corrected chi connectivity index (χ2v) is 3.78. The molecule has 0 radical (unpaired) electrons. The number of carbonyl (C=O) groups is 1. The molecule has 0 unspecified atom stereocenters. The molecule has 2 rings (SSSR count). The molecule has 2 aromatic rings. The number of hydrogen-bond donors (Lipinski definition) is 1. The summed E-state index contributed by atoms with van der Waals surface area (Å²) in [6, 6.07) is 9.46. The zero-order chi connectivity index (χ0) is 13.8. The van der Waals surface area contributed by atoms with Crippen molar-refractivity contribution in [2.45, 2.75) is 0 Å². The van der Waals surface area contributed by atoms with Crippen molar-refractivity contribution >= 4 is 23.3 Å². The fraction of sp³-hybridized carbons (Fsp3) is 0. The van der Waals surface area contributed by atoms with E-state index in [9.17, 15) is 19.3 Å². The number of benzene rings is 2. The third kappa shape index (κ3) is 2.92. The van der Waals surface area contributed by atoms with E-state index in [0.29, 0.717) is 17.7 Å². The summed E-state index contributed by atoms with van der Waals surface area (Å²) in [5.41, 5.74) is 1.01. The zero-order valence-electron chi connectivity index (χ0n) is 9.67. The fourth-order valence-corrected chi connectivity index (χ4v) is 1.56. The number of nitro groups is 1. The lowest BCUT2D eigenvalue weighted by atomic mass is 10.1. The average Bonchev–Trinajstić information content (AvgIpc) is 2.41. The first-order valence-electron chi connectivity index (χ1n) is 5.36. The average molecular weight is 260 g/mol. The molecule has 1 N–H and O–H groups in total. The molecule has 0 heterocycles. The second kappa shape index (κ2) is 5.26. The van der Waals surface area contributed by atoms with Gasteiger partial charge in [-0.1, -0.05) is 0 Å². The van der Waals surface area contributed by atoms with Gasteiger partial charge in [0.2, 0.25) is 0 Å². The number of halogens is 1. The van der Waals surface area contributed by atoms with Crippen LogP contribution in [0.2, 0.25) is 0 Å². The first-order valence-corrected chi connectivity index (χ1v) is 5.36. The van der Waals surface area contributed by atoms with E-state index in [4.69, 9.17) is 0 Å². The largest absolute Gasteiger partial charge is 0.355 e. The Morgan fingerprint density at radius 3 is 2.42 bits per heavy atom. The van der Waals surface area contributed by atoms with Crippen molar-refractivity contribution in [3.8, 4) is 0 Å². The summed E-state index contributed by atoms with van der Waals surface area (Å²) in [6.07, 6.45) is 0.527. The molecule has 0 aliphatic heterocycles. The number of hydrogen-bond acceptors (Lipinski definition) is 4. The minimum absolute atomic E-state index is 0.160. The molecular formula is C13H9FN2O3. The van der Waals surface area contributed by atoms with Gasteiger partial charge in [0.15, 0.2) is 6.29 Å². The van der Waals surface area contributed by atoms with Gasteiger partial charge in [-0.3, -0.25) is 14.9 Å². The molecule has 0 aliphatic carbocycles. The molecule has 19 heavy (non-hydrogen) atoms. The Bertz CT molecular complexity index is 626. The van der Waals surface area contributed by atoms with Crippen molar-refractivity contribution in [2.75, 3.05) is 5.32 Å². The lowest BCUT2D eigenvalue weighted by Gasteiger charge is -2.08. The number of rotatable bonds is 4. The molecule has 6 heteroatoms. The van der Waals surface area contributed by atoms with Gasteiger partial charge in [0.1, 0.15) is 5.82 Å². The standard InChI is InChI=1S/C13H9FN2O3/c14-10-1-3-11(4-2-10)15-13-6-5-12(16(18)19)7-9(13)8-17/h1-8,15H. The number of nitrogens with one attached hydrogen (secondary N) is 1. The summed E-state index contributed by atoms with van der Waals surface area (Å²) in [5, 5.41) is 13.5. The normalized spacial score (nSPS) is 9.95. The predicted octanol–water partition coefficient (Wildman–Crippen LogP) is 3.29. The Kier molecular flexibility index (Phi) is 3.51. The number of nitrogens with zero attached hydrogens (tertiary/aromatic N) is 1. The minimum Gasteiger partial charge on any atom is -0.355 e. The predicted molar refractivity (Wildman–Crippen MR) is 68.2 cm³/mol. The van der Waals surface area contributed by atoms with Crippen LogP contribution in [0.25, 0.3) is 0 Å². The van der Waals surface area contributed by atoms with Gasteiger partial charge >= 0.3 is 0 Å². The number of aldehydes is 1. The zero-order valence-corrected chi connectivity index (χ0v) is 9.67. The molecule has 0 fully saturated rings. The van der Waals surface area contributed by atoms with Crippen LogP contribution < -0.4 is 5.32 Å². The van der Waals surface area contributed by atoms with E-state index in [1.165, 1.54) is 42.5 Å². The van der Waals surface area contributed by atoms with Gasteiger partial charge in [0.05, 0.1) is 4.92 Å². The Hall–Kier alpha value is -2.76. The summed E-state index contributed by atoms with van der Waals surface area (Å²) in [7, 11) is 0. The SMILES string of the molecule is O=Cc1cc([N+](=O)[O-])ccc1Nc1ccc(F)cc1. The first kappa shape index (κ1) is 12.7. The van der Waals surface area contributed by atoms with Crippen molar-refractivity contribution in [2.24, 2.45) is 0 Å². The summed E-state index contributed by atoms with van der Waals surface area (Å²) >= 11 is 0. The van der Waals surface area contributed by atoms with Crippen LogP contribution in [0.5, 0.6) is 0 Å². The Morgan fingerprint density at radius 1 is 1.16 bits per heavy atom. The molecule has 96 valence electrons. The molecule has 0 spiro atoms. The number of non-ortho nitro benzene ring substituents is 1. The van der Waals surface area contributed by atoms with E-state index >= 15 is 0 Å². The van der Waals surface area contributed by atoms with Crippen LogP contribution in [-0.2, 0) is 0 Å². The van der Waals surface area contributed by atoms with E-state index in [1.807, 2.05) is 0 Å². The molecule has 0 aromatic heterocycles. The van der Waals surface area contributed by atoms with Crippen LogP contribution >= 0.6 is 0 Å². The molecule has 2 aromatic carbocycles. The second-order valence-electron chi connectivity index (χ2n) is 3.78. The maximum absolute atomic E-state index is 12.8. The van der Waals surface area contributed by atoms with Crippen LogP contribution in [0.1, 0.15) is 10.4 Å². The summed E-state index contributed by atoms with van der Waals surface area (Å²) < 4.78 is 12.8. The summed E-state index contributed by atoms with van der Waals surface area (Å²) in [6.45, 7) is 0. The molecule has 5 nitrogen and oxygen atoms in total. The van der Waals surface area contributed by atoms with Crippen LogP contribution in [0.4, 0.5) is 21.5 Å². The Balaban J connectivity index is 2.32. The van der Waals surface area contributed by atoms with Crippen molar-refractivity contribution in [3.63, 3.8) is 0 Å². The lowest BCUT2D eigenvalue weighted by Crippen LogP contribution is -1.97. The van der Waals surface area contributed by atoms with E-state index in [0.717, 1.165) is 0 Å². The Labute approximate surface area is 107 Å². The summed E-state index contributed by atoms with van der Waals surface area (Å²) in [5.74, 6) is -0.370. The molecule has 0 amide bonds. The van der Waals surface area contributed by atoms with Crippen LogP contribution in [-0.4, -0.2) is 11.2 Å². The van der Waals surface area contributed by atoms with Crippen LogP contribution in [0.3, 0.4) is 0 Å². The number of anilines is 2. The quantitative estimate of drug-likeness (QED) is 0.520. The monoisotopic (exact) mass is 260 g/mol. The third-order valence-electron chi connectivity index (χ3n) is 2.50. The van der Waals surface area contributed by atoms with Crippen molar-refractivity contribution in [1.29, 1.82) is 0 Å². The fourth-order valence-electron chi connectivity index (χ4n) is 1.56. The minimum atomic E-state index is -0.575. The van der Waals surface area contributed by atoms with Gasteiger partial charge in [0.25, 0.3) is 5.69 Å². The number of nitro benzene ring substituents is 1. The molecular weight excluding hydrogens is 251 g/mol. The molecule has 0 saturated carbocycles. The van der Waals surface area contributed by atoms with Gasteiger partial charge in [0, 0.05) is 29.1 Å². The number of carbonyl (C=O) groups excluding carboxylic acids is 1. The van der Waals surface area contributed by atoms with Crippen LogP contribution in [0.15, 0.2) is 42.5 Å². The van der Waals surface area contributed by atoms with E-state index in [2.05, 4.69) is 5.32 Å². The van der Waals surface area contributed by atoms with Crippen molar-refractivity contribution in [3.05, 3.63) is 64.0 Å². The topological polar surface area (TPSA) is 72.2 Å². The van der Waals surface area contributed by atoms with Crippen LogP contribution in [0, 0.1) is 15.9 Å². The van der Waals surface area contributed by atoms with Gasteiger partial charge in [-0.15, -0.1) is 0 Å². The highest BCUT2D eigenvalue weighted by Crippen LogP contribution is 2.24. The van der Waals surface area contributed by atoms with Gasteiger partial charge in [-0.25, -0.2) is 4.39 Å². The highest BCUT2D eigenvalue weighted by atomic mass is 19.1. The van der Waals surface area contributed by atoms with Crippen molar-refractivity contribution < 1.29 is 14.1 Å².